The van der Waals surface area contributed by atoms with Gasteiger partial charge in [-0.15, -0.1) is 0 Å². The third-order valence-electron chi connectivity index (χ3n) is 3.87. The van der Waals surface area contributed by atoms with E-state index in [1.807, 2.05) is 19.1 Å². The smallest absolute Gasteiger partial charge is 0.261 e. The van der Waals surface area contributed by atoms with Gasteiger partial charge in [0.2, 0.25) is 0 Å². The Kier molecular flexibility index (Phi) is 3.97. The number of methoxy groups -OCH3 is 2. The molecule has 1 aromatic carbocycles. The van der Waals surface area contributed by atoms with Gasteiger partial charge in [0.15, 0.2) is 11.5 Å². The summed E-state index contributed by atoms with van der Waals surface area (Å²) in [6.07, 6.45) is 5.00. The van der Waals surface area contributed by atoms with Gasteiger partial charge < -0.3 is 9.47 Å². The molecule has 118 valence electrons. The van der Waals surface area contributed by atoms with Crippen LogP contribution in [0.3, 0.4) is 0 Å². The molecule has 0 amide bonds. The molecule has 23 heavy (non-hydrogen) atoms. The second-order valence-corrected chi connectivity index (χ2v) is 5.14. The Labute approximate surface area is 133 Å². The number of rotatable bonds is 4. The van der Waals surface area contributed by atoms with Gasteiger partial charge in [-0.05, 0) is 24.6 Å². The molecule has 6 nitrogen and oxygen atoms in total. The van der Waals surface area contributed by atoms with Crippen LogP contribution in [0.5, 0.6) is 11.5 Å². The fraction of sp³-hybridized carbons (Fsp3) is 0.235. The van der Waals surface area contributed by atoms with Crippen molar-refractivity contribution >= 4 is 10.9 Å². The molecule has 0 saturated carbocycles. The molecule has 0 spiro atoms. The molecule has 0 aliphatic rings. The summed E-state index contributed by atoms with van der Waals surface area (Å²) in [5.74, 6) is 1.05. The molecule has 0 radical (unpaired) electrons. The monoisotopic (exact) mass is 311 g/mol. The Morgan fingerprint density at radius 2 is 1.91 bits per heavy atom. The van der Waals surface area contributed by atoms with Crippen LogP contribution in [0, 0.1) is 0 Å². The molecule has 6 heteroatoms. The summed E-state index contributed by atoms with van der Waals surface area (Å²) in [4.78, 5) is 21.3. The van der Waals surface area contributed by atoms with Crippen LogP contribution in [-0.4, -0.2) is 28.8 Å². The summed E-state index contributed by atoms with van der Waals surface area (Å²) in [5, 5.41) is 0.487. The van der Waals surface area contributed by atoms with Gasteiger partial charge >= 0.3 is 0 Å². The lowest BCUT2D eigenvalue weighted by Gasteiger charge is -2.16. The van der Waals surface area contributed by atoms with Crippen LogP contribution in [-0.2, 0) is 0 Å². The summed E-state index contributed by atoms with van der Waals surface area (Å²) >= 11 is 0. The Hall–Kier alpha value is -2.89. The van der Waals surface area contributed by atoms with E-state index in [4.69, 9.17) is 9.47 Å². The van der Waals surface area contributed by atoms with Crippen molar-refractivity contribution in [1.82, 2.24) is 14.5 Å². The number of hydrogen-bond acceptors (Lipinski definition) is 5. The second-order valence-electron chi connectivity index (χ2n) is 5.14. The predicted octanol–water partition coefficient (Wildman–Crippen LogP) is 2.42. The van der Waals surface area contributed by atoms with Gasteiger partial charge in [-0.2, -0.15) is 0 Å². The molecule has 3 rings (SSSR count). The highest BCUT2D eigenvalue weighted by Crippen LogP contribution is 2.30. The maximum atomic E-state index is 12.8. The number of fused-ring (bicyclic) bond motifs is 1. The van der Waals surface area contributed by atoms with E-state index in [2.05, 4.69) is 9.97 Å². The zero-order valence-corrected chi connectivity index (χ0v) is 13.2. The van der Waals surface area contributed by atoms with E-state index < -0.39 is 0 Å². The fourth-order valence-corrected chi connectivity index (χ4v) is 2.52. The van der Waals surface area contributed by atoms with Gasteiger partial charge in [0.1, 0.15) is 0 Å². The van der Waals surface area contributed by atoms with Crippen molar-refractivity contribution < 1.29 is 9.47 Å². The molecule has 2 heterocycles. The molecule has 1 atom stereocenters. The molecule has 0 aliphatic heterocycles. The average Bonchev–Trinajstić information content (AvgIpc) is 2.61. The topological polar surface area (TPSA) is 66.2 Å². The molecular weight excluding hydrogens is 294 g/mol. The Morgan fingerprint density at radius 1 is 1.17 bits per heavy atom. The standard InChI is InChI=1S/C17H17N3O3/c1-11(12-5-4-6-18-9-12)20-10-19-14-8-16(23-3)15(22-2)7-13(14)17(20)21/h4-11H,1-3H3/t11-/m1/s1. The van der Waals surface area contributed by atoms with E-state index in [0.717, 1.165) is 5.56 Å². The van der Waals surface area contributed by atoms with Gasteiger partial charge in [0.05, 0.1) is 37.5 Å². The molecule has 2 aromatic heterocycles. The molecule has 0 aliphatic carbocycles. The van der Waals surface area contributed by atoms with Crippen molar-refractivity contribution in [2.75, 3.05) is 14.2 Å². The van der Waals surface area contributed by atoms with Crippen molar-refractivity contribution in [2.45, 2.75) is 13.0 Å². The fourth-order valence-electron chi connectivity index (χ4n) is 2.52. The van der Waals surface area contributed by atoms with E-state index in [-0.39, 0.29) is 11.6 Å². The minimum absolute atomic E-state index is 0.132. The van der Waals surface area contributed by atoms with E-state index >= 15 is 0 Å². The number of hydrogen-bond donors (Lipinski definition) is 0. The first-order valence-electron chi connectivity index (χ1n) is 7.18. The van der Waals surface area contributed by atoms with Crippen molar-refractivity contribution in [3.63, 3.8) is 0 Å². The molecular formula is C17H17N3O3. The van der Waals surface area contributed by atoms with Crippen LogP contribution in [0.25, 0.3) is 10.9 Å². The number of pyridine rings is 1. The number of nitrogens with zero attached hydrogens (tertiary/aromatic N) is 3. The SMILES string of the molecule is COc1cc2ncn([C@H](C)c3cccnc3)c(=O)c2cc1OC. The summed E-state index contributed by atoms with van der Waals surface area (Å²) in [7, 11) is 3.09. The van der Waals surface area contributed by atoms with E-state index in [0.29, 0.717) is 22.4 Å². The lowest BCUT2D eigenvalue weighted by molar-refractivity contribution is 0.355. The number of ether oxygens (including phenoxy) is 2. The predicted molar refractivity (Wildman–Crippen MR) is 87.2 cm³/mol. The van der Waals surface area contributed by atoms with Crippen LogP contribution < -0.4 is 15.0 Å². The second kappa shape index (κ2) is 6.08. The lowest BCUT2D eigenvalue weighted by Crippen LogP contribution is -2.24. The van der Waals surface area contributed by atoms with Gasteiger partial charge in [0.25, 0.3) is 5.56 Å². The van der Waals surface area contributed by atoms with Crippen LogP contribution in [0.2, 0.25) is 0 Å². The first-order valence-corrected chi connectivity index (χ1v) is 7.18. The van der Waals surface area contributed by atoms with Crippen molar-refractivity contribution in [2.24, 2.45) is 0 Å². The van der Waals surface area contributed by atoms with Gasteiger partial charge in [-0.25, -0.2) is 4.98 Å². The normalized spacial score (nSPS) is 12.1. The molecule has 0 fully saturated rings. The van der Waals surface area contributed by atoms with E-state index in [1.54, 1.807) is 42.5 Å². The highest BCUT2D eigenvalue weighted by atomic mass is 16.5. The van der Waals surface area contributed by atoms with E-state index in [1.165, 1.54) is 7.11 Å². The quantitative estimate of drug-likeness (QED) is 0.740. The van der Waals surface area contributed by atoms with Crippen molar-refractivity contribution in [1.29, 1.82) is 0 Å². The Morgan fingerprint density at radius 3 is 2.57 bits per heavy atom. The Balaban J connectivity index is 2.17. The van der Waals surface area contributed by atoms with Crippen LogP contribution in [0.4, 0.5) is 0 Å². The molecule has 0 N–H and O–H groups in total. The molecule has 0 bridgehead atoms. The minimum Gasteiger partial charge on any atom is -0.493 e. The minimum atomic E-state index is -0.166. The van der Waals surface area contributed by atoms with Crippen molar-refractivity contribution in [3.8, 4) is 11.5 Å². The molecule has 0 saturated heterocycles. The van der Waals surface area contributed by atoms with Crippen LogP contribution >= 0.6 is 0 Å². The Bertz CT molecular complexity index is 891. The number of benzene rings is 1. The first-order chi connectivity index (χ1) is 11.2. The van der Waals surface area contributed by atoms with Gasteiger partial charge in [0, 0.05) is 18.5 Å². The van der Waals surface area contributed by atoms with Crippen molar-refractivity contribution in [3.05, 3.63) is 58.9 Å². The highest BCUT2D eigenvalue weighted by Gasteiger charge is 2.15. The third-order valence-corrected chi connectivity index (χ3v) is 3.87. The maximum Gasteiger partial charge on any atom is 0.261 e. The van der Waals surface area contributed by atoms with Crippen LogP contribution in [0.15, 0.2) is 47.8 Å². The first kappa shape index (κ1) is 15.0. The molecule has 0 unspecified atom stereocenters. The number of aromatic nitrogens is 3. The zero-order chi connectivity index (χ0) is 16.4. The van der Waals surface area contributed by atoms with Gasteiger partial charge in [-0.3, -0.25) is 14.3 Å². The average molecular weight is 311 g/mol. The van der Waals surface area contributed by atoms with Gasteiger partial charge in [-0.1, -0.05) is 6.07 Å². The van der Waals surface area contributed by atoms with E-state index in [9.17, 15) is 4.79 Å². The largest absolute Gasteiger partial charge is 0.493 e. The third kappa shape index (κ3) is 2.63. The maximum absolute atomic E-state index is 12.8. The summed E-state index contributed by atoms with van der Waals surface area (Å²) in [5.41, 5.74) is 1.38. The molecule has 3 aromatic rings. The summed E-state index contributed by atoms with van der Waals surface area (Å²) < 4.78 is 12.1. The summed E-state index contributed by atoms with van der Waals surface area (Å²) in [6.45, 7) is 1.94. The zero-order valence-electron chi connectivity index (χ0n) is 13.2. The van der Waals surface area contributed by atoms with Crippen LogP contribution in [0.1, 0.15) is 18.5 Å². The highest BCUT2D eigenvalue weighted by molar-refractivity contribution is 5.81. The summed E-state index contributed by atoms with van der Waals surface area (Å²) in [6, 6.07) is 6.98. The lowest BCUT2D eigenvalue weighted by atomic mass is 10.1.